The maximum atomic E-state index is 14.1. The Kier molecular flexibility index (Phi) is 5.84. The summed E-state index contributed by atoms with van der Waals surface area (Å²) in [6.45, 7) is 5.62. The van der Waals surface area contributed by atoms with Gasteiger partial charge in [0.05, 0.1) is 6.61 Å². The van der Waals surface area contributed by atoms with Crippen LogP contribution in [0, 0.1) is 11.7 Å². The SMILES string of the molecule is CCNC(C)c1ccc(OCC2CCCCC2)c(F)c1. The summed E-state index contributed by atoms with van der Waals surface area (Å²) < 4.78 is 19.7. The Morgan fingerprint density at radius 2 is 2.05 bits per heavy atom. The lowest BCUT2D eigenvalue weighted by Gasteiger charge is -2.22. The summed E-state index contributed by atoms with van der Waals surface area (Å²) >= 11 is 0. The third-order valence-electron chi connectivity index (χ3n) is 4.17. The Bertz CT molecular complexity index is 415. The second kappa shape index (κ2) is 7.63. The van der Waals surface area contributed by atoms with Crippen LogP contribution in [0.1, 0.15) is 57.6 Å². The molecule has 1 aliphatic rings. The summed E-state index contributed by atoms with van der Waals surface area (Å²) in [6, 6.07) is 5.47. The molecule has 0 bridgehead atoms. The van der Waals surface area contributed by atoms with Crippen LogP contribution in [0.25, 0.3) is 0 Å². The van der Waals surface area contributed by atoms with Gasteiger partial charge in [-0.15, -0.1) is 0 Å². The molecule has 1 saturated carbocycles. The zero-order valence-electron chi connectivity index (χ0n) is 12.6. The van der Waals surface area contributed by atoms with Gasteiger partial charge < -0.3 is 10.1 Å². The lowest BCUT2D eigenvalue weighted by atomic mass is 9.90. The van der Waals surface area contributed by atoms with E-state index in [-0.39, 0.29) is 11.9 Å². The molecule has 3 heteroatoms. The molecule has 1 aromatic rings. The van der Waals surface area contributed by atoms with Gasteiger partial charge in [0.2, 0.25) is 0 Å². The smallest absolute Gasteiger partial charge is 0.165 e. The topological polar surface area (TPSA) is 21.3 Å². The normalized spacial score (nSPS) is 17.9. The van der Waals surface area contributed by atoms with Gasteiger partial charge in [-0.25, -0.2) is 4.39 Å². The van der Waals surface area contributed by atoms with Gasteiger partial charge in [0.15, 0.2) is 11.6 Å². The van der Waals surface area contributed by atoms with E-state index < -0.39 is 0 Å². The van der Waals surface area contributed by atoms with E-state index in [2.05, 4.69) is 12.2 Å². The maximum Gasteiger partial charge on any atom is 0.165 e. The molecule has 1 unspecified atom stereocenters. The van der Waals surface area contributed by atoms with Crippen molar-refractivity contribution >= 4 is 0 Å². The second-order valence-corrected chi connectivity index (χ2v) is 5.78. The molecule has 0 saturated heterocycles. The van der Waals surface area contributed by atoms with Gasteiger partial charge in [-0.2, -0.15) is 0 Å². The highest BCUT2D eigenvalue weighted by atomic mass is 19.1. The van der Waals surface area contributed by atoms with Crippen molar-refractivity contribution in [3.8, 4) is 5.75 Å². The van der Waals surface area contributed by atoms with Crippen molar-refractivity contribution in [1.29, 1.82) is 0 Å². The fourth-order valence-electron chi connectivity index (χ4n) is 2.89. The minimum atomic E-state index is -0.247. The maximum absolute atomic E-state index is 14.1. The van der Waals surface area contributed by atoms with E-state index in [1.165, 1.54) is 32.1 Å². The number of ether oxygens (including phenoxy) is 1. The van der Waals surface area contributed by atoms with Crippen LogP contribution in [0.5, 0.6) is 5.75 Å². The Labute approximate surface area is 121 Å². The minimum Gasteiger partial charge on any atom is -0.490 e. The van der Waals surface area contributed by atoms with Gasteiger partial charge >= 0.3 is 0 Å². The third-order valence-corrected chi connectivity index (χ3v) is 4.17. The van der Waals surface area contributed by atoms with E-state index in [0.29, 0.717) is 18.3 Å². The molecule has 1 aliphatic carbocycles. The van der Waals surface area contributed by atoms with Crippen LogP contribution in [0.3, 0.4) is 0 Å². The Balaban J connectivity index is 1.91. The Morgan fingerprint density at radius 1 is 1.30 bits per heavy atom. The summed E-state index contributed by atoms with van der Waals surface area (Å²) in [5.74, 6) is 0.745. The first-order chi connectivity index (χ1) is 9.70. The monoisotopic (exact) mass is 279 g/mol. The second-order valence-electron chi connectivity index (χ2n) is 5.78. The van der Waals surface area contributed by atoms with Crippen LogP contribution in [-0.4, -0.2) is 13.2 Å². The molecule has 1 N–H and O–H groups in total. The van der Waals surface area contributed by atoms with Gasteiger partial charge in [0.1, 0.15) is 0 Å². The molecule has 0 radical (unpaired) electrons. The van der Waals surface area contributed by atoms with Crippen molar-refractivity contribution in [3.05, 3.63) is 29.6 Å². The molecule has 112 valence electrons. The van der Waals surface area contributed by atoms with Crippen LogP contribution < -0.4 is 10.1 Å². The zero-order valence-corrected chi connectivity index (χ0v) is 12.6. The molecular formula is C17H26FNO. The molecule has 0 aliphatic heterocycles. The molecule has 0 spiro atoms. The van der Waals surface area contributed by atoms with Crippen molar-refractivity contribution in [2.75, 3.05) is 13.2 Å². The molecule has 2 nitrogen and oxygen atoms in total. The van der Waals surface area contributed by atoms with Crippen LogP contribution in [-0.2, 0) is 0 Å². The van der Waals surface area contributed by atoms with Crippen molar-refractivity contribution in [2.45, 2.75) is 52.0 Å². The zero-order chi connectivity index (χ0) is 14.4. The number of hydrogen-bond acceptors (Lipinski definition) is 2. The lowest BCUT2D eigenvalue weighted by Crippen LogP contribution is -2.18. The highest BCUT2D eigenvalue weighted by Crippen LogP contribution is 2.26. The number of benzene rings is 1. The largest absolute Gasteiger partial charge is 0.490 e. The van der Waals surface area contributed by atoms with Gasteiger partial charge in [-0.3, -0.25) is 0 Å². The van der Waals surface area contributed by atoms with Crippen molar-refractivity contribution in [2.24, 2.45) is 5.92 Å². The standard InChI is InChI=1S/C17H26FNO/c1-3-19-13(2)15-9-10-17(16(18)11-15)20-12-14-7-5-4-6-8-14/h9-11,13-14,19H,3-8,12H2,1-2H3. The number of halogens is 1. The predicted octanol–water partition coefficient (Wildman–Crippen LogP) is 4.46. The van der Waals surface area contributed by atoms with Gasteiger partial charge in [0.25, 0.3) is 0 Å². The van der Waals surface area contributed by atoms with E-state index >= 15 is 0 Å². The van der Waals surface area contributed by atoms with E-state index in [1.54, 1.807) is 12.1 Å². The molecule has 20 heavy (non-hydrogen) atoms. The van der Waals surface area contributed by atoms with Crippen LogP contribution in [0.4, 0.5) is 4.39 Å². The quantitative estimate of drug-likeness (QED) is 0.830. The third kappa shape index (κ3) is 4.20. The molecule has 0 amide bonds. The van der Waals surface area contributed by atoms with Gasteiger partial charge in [0, 0.05) is 6.04 Å². The molecule has 1 aromatic carbocycles. The first-order valence-corrected chi connectivity index (χ1v) is 7.86. The Morgan fingerprint density at radius 3 is 2.70 bits per heavy atom. The lowest BCUT2D eigenvalue weighted by molar-refractivity contribution is 0.202. The van der Waals surface area contributed by atoms with Crippen molar-refractivity contribution in [1.82, 2.24) is 5.32 Å². The van der Waals surface area contributed by atoms with E-state index in [1.807, 2.05) is 13.0 Å². The van der Waals surface area contributed by atoms with Gasteiger partial charge in [-0.05, 0) is 49.9 Å². The van der Waals surface area contributed by atoms with Crippen LogP contribution in [0.2, 0.25) is 0 Å². The molecule has 0 aromatic heterocycles. The molecule has 0 heterocycles. The summed E-state index contributed by atoms with van der Waals surface area (Å²) in [5, 5.41) is 3.28. The van der Waals surface area contributed by atoms with Gasteiger partial charge in [-0.1, -0.05) is 32.3 Å². The average molecular weight is 279 g/mol. The molecular weight excluding hydrogens is 253 g/mol. The Hall–Kier alpha value is -1.09. The first-order valence-electron chi connectivity index (χ1n) is 7.86. The van der Waals surface area contributed by atoms with E-state index in [9.17, 15) is 4.39 Å². The molecule has 1 atom stereocenters. The average Bonchev–Trinajstić information content (AvgIpc) is 2.47. The number of hydrogen-bond donors (Lipinski definition) is 1. The van der Waals surface area contributed by atoms with Crippen molar-refractivity contribution in [3.63, 3.8) is 0 Å². The molecule has 2 rings (SSSR count). The van der Waals surface area contributed by atoms with Crippen LogP contribution in [0.15, 0.2) is 18.2 Å². The van der Waals surface area contributed by atoms with Crippen LogP contribution >= 0.6 is 0 Å². The van der Waals surface area contributed by atoms with E-state index in [0.717, 1.165) is 12.1 Å². The summed E-state index contributed by atoms with van der Waals surface area (Å²) in [6.07, 6.45) is 6.35. The number of nitrogens with one attached hydrogen (secondary N) is 1. The summed E-state index contributed by atoms with van der Waals surface area (Å²) in [7, 11) is 0. The highest BCUT2D eigenvalue weighted by Gasteiger charge is 2.15. The fraction of sp³-hybridized carbons (Fsp3) is 0.647. The first kappa shape index (κ1) is 15.3. The highest BCUT2D eigenvalue weighted by molar-refractivity contribution is 5.30. The summed E-state index contributed by atoms with van der Waals surface area (Å²) in [5.41, 5.74) is 0.967. The molecule has 1 fully saturated rings. The van der Waals surface area contributed by atoms with Crippen molar-refractivity contribution < 1.29 is 9.13 Å². The fourth-order valence-corrected chi connectivity index (χ4v) is 2.89. The number of rotatable bonds is 6. The van der Waals surface area contributed by atoms with E-state index in [4.69, 9.17) is 4.74 Å². The summed E-state index contributed by atoms with van der Waals surface area (Å²) in [4.78, 5) is 0. The minimum absolute atomic E-state index is 0.168. The predicted molar refractivity (Wildman–Crippen MR) is 80.6 cm³/mol.